The number of hydrazone groups is 1. The molecule has 0 radical (unpaired) electrons. The van der Waals surface area contributed by atoms with Crippen LogP contribution in [0, 0.1) is 0 Å². The van der Waals surface area contributed by atoms with Crippen LogP contribution in [-0.2, 0) is 0 Å². The molecule has 2 heterocycles. The lowest BCUT2D eigenvalue weighted by Crippen LogP contribution is -2.20. The first-order valence-corrected chi connectivity index (χ1v) is 4.34. The molecule has 1 amide bonds. The minimum Gasteiger partial charge on any atom is -0.365 e. The molecule has 0 saturated carbocycles. The Hall–Kier alpha value is -1.91. The zero-order chi connectivity index (χ0) is 9.97. The molecule has 2 rings (SSSR count). The molecular formula is C9H10N4O. The Bertz CT molecular complexity index is 388. The zero-order valence-electron chi connectivity index (χ0n) is 7.55. The van der Waals surface area contributed by atoms with Crippen LogP contribution in [0.5, 0.6) is 0 Å². The number of nitrogens with two attached hydrogens (primary N) is 1. The van der Waals surface area contributed by atoms with E-state index in [1.165, 1.54) is 0 Å². The summed E-state index contributed by atoms with van der Waals surface area (Å²) in [4.78, 5) is 15.2. The summed E-state index contributed by atoms with van der Waals surface area (Å²) >= 11 is 0. The Morgan fingerprint density at radius 2 is 2.43 bits per heavy atom. The van der Waals surface area contributed by atoms with Gasteiger partial charge in [-0.1, -0.05) is 0 Å². The molecule has 0 aromatic carbocycles. The number of aromatic nitrogens is 1. The zero-order valence-corrected chi connectivity index (χ0v) is 7.55. The van der Waals surface area contributed by atoms with E-state index in [1.54, 1.807) is 29.6 Å². The van der Waals surface area contributed by atoms with Gasteiger partial charge in [0.05, 0.1) is 5.56 Å². The van der Waals surface area contributed by atoms with Gasteiger partial charge in [-0.05, 0) is 12.1 Å². The van der Waals surface area contributed by atoms with E-state index in [9.17, 15) is 4.79 Å². The minimum absolute atomic E-state index is 0.409. The van der Waals surface area contributed by atoms with Crippen molar-refractivity contribution in [1.29, 1.82) is 0 Å². The number of amides is 1. The van der Waals surface area contributed by atoms with Crippen molar-refractivity contribution in [2.45, 2.75) is 6.42 Å². The molecule has 0 fully saturated rings. The van der Waals surface area contributed by atoms with Gasteiger partial charge >= 0.3 is 0 Å². The predicted octanol–water partition coefficient (Wildman–Crippen LogP) is 0.376. The lowest BCUT2D eigenvalue weighted by molar-refractivity contribution is 0.100. The fourth-order valence-electron chi connectivity index (χ4n) is 1.35. The molecule has 0 bridgehead atoms. The lowest BCUT2D eigenvalue weighted by Gasteiger charge is -2.14. The van der Waals surface area contributed by atoms with E-state index in [2.05, 4.69) is 10.1 Å². The summed E-state index contributed by atoms with van der Waals surface area (Å²) in [7, 11) is 0. The Labute approximate surface area is 81.2 Å². The summed E-state index contributed by atoms with van der Waals surface area (Å²) in [5, 5.41) is 5.77. The maximum Gasteiger partial charge on any atom is 0.252 e. The van der Waals surface area contributed by atoms with Crippen molar-refractivity contribution in [3.63, 3.8) is 0 Å². The van der Waals surface area contributed by atoms with Gasteiger partial charge in [0, 0.05) is 25.4 Å². The van der Waals surface area contributed by atoms with E-state index in [1.807, 2.05) is 0 Å². The van der Waals surface area contributed by atoms with Crippen LogP contribution in [0.2, 0.25) is 0 Å². The van der Waals surface area contributed by atoms with Crippen molar-refractivity contribution in [3.8, 4) is 0 Å². The summed E-state index contributed by atoms with van der Waals surface area (Å²) in [6, 6.07) is 3.34. The van der Waals surface area contributed by atoms with Crippen molar-refractivity contribution in [2.24, 2.45) is 10.8 Å². The largest absolute Gasteiger partial charge is 0.365 e. The van der Waals surface area contributed by atoms with E-state index in [0.29, 0.717) is 11.4 Å². The molecule has 0 aliphatic carbocycles. The van der Waals surface area contributed by atoms with Gasteiger partial charge in [0.25, 0.3) is 5.91 Å². The van der Waals surface area contributed by atoms with Crippen molar-refractivity contribution in [3.05, 3.63) is 23.9 Å². The number of carbonyl (C=O) groups is 1. The fourth-order valence-corrected chi connectivity index (χ4v) is 1.35. The third kappa shape index (κ3) is 1.44. The smallest absolute Gasteiger partial charge is 0.252 e. The average molecular weight is 190 g/mol. The Balaban J connectivity index is 2.40. The lowest BCUT2D eigenvalue weighted by atomic mass is 10.2. The van der Waals surface area contributed by atoms with Crippen LogP contribution in [0.1, 0.15) is 16.8 Å². The minimum atomic E-state index is -0.477. The van der Waals surface area contributed by atoms with Gasteiger partial charge in [0.1, 0.15) is 0 Å². The van der Waals surface area contributed by atoms with Gasteiger partial charge in [-0.2, -0.15) is 5.10 Å². The molecule has 0 unspecified atom stereocenters. The topological polar surface area (TPSA) is 71.6 Å². The maximum atomic E-state index is 11.1. The van der Waals surface area contributed by atoms with Gasteiger partial charge in [0.2, 0.25) is 0 Å². The molecule has 5 nitrogen and oxygen atoms in total. The second-order valence-electron chi connectivity index (χ2n) is 2.95. The number of anilines is 1. The monoisotopic (exact) mass is 190 g/mol. The van der Waals surface area contributed by atoms with Crippen LogP contribution in [0.15, 0.2) is 23.4 Å². The quantitative estimate of drug-likeness (QED) is 0.732. The van der Waals surface area contributed by atoms with Gasteiger partial charge in [0.15, 0.2) is 5.82 Å². The Kier molecular flexibility index (Phi) is 2.14. The second kappa shape index (κ2) is 3.45. The van der Waals surface area contributed by atoms with Crippen LogP contribution in [-0.4, -0.2) is 23.7 Å². The molecule has 0 atom stereocenters. The van der Waals surface area contributed by atoms with E-state index in [-0.39, 0.29) is 0 Å². The van der Waals surface area contributed by atoms with E-state index in [4.69, 9.17) is 5.73 Å². The normalized spacial score (nSPS) is 14.7. The highest BCUT2D eigenvalue weighted by Crippen LogP contribution is 2.18. The third-order valence-electron chi connectivity index (χ3n) is 1.99. The van der Waals surface area contributed by atoms with Gasteiger partial charge in [-0.15, -0.1) is 0 Å². The first kappa shape index (κ1) is 8.68. The first-order chi connectivity index (χ1) is 6.79. The number of carbonyl (C=O) groups excluding carboxylic acids is 1. The van der Waals surface area contributed by atoms with Gasteiger partial charge in [-0.3, -0.25) is 4.79 Å². The molecule has 5 heteroatoms. The van der Waals surface area contributed by atoms with Gasteiger partial charge in [-0.25, -0.2) is 9.99 Å². The van der Waals surface area contributed by atoms with Crippen LogP contribution < -0.4 is 10.7 Å². The van der Waals surface area contributed by atoms with Crippen molar-refractivity contribution < 1.29 is 4.79 Å². The number of pyridine rings is 1. The van der Waals surface area contributed by atoms with Crippen molar-refractivity contribution in [2.75, 3.05) is 11.6 Å². The third-order valence-corrected chi connectivity index (χ3v) is 1.99. The van der Waals surface area contributed by atoms with Crippen LogP contribution in [0.3, 0.4) is 0 Å². The summed E-state index contributed by atoms with van der Waals surface area (Å²) in [6.07, 6.45) is 4.28. The molecule has 1 aromatic heterocycles. The molecule has 2 N–H and O–H groups in total. The standard InChI is InChI=1S/C9H10N4O/c10-8(14)7-3-1-4-11-9(7)13-6-2-5-12-13/h1,3-5H,2,6H2,(H2,10,14). The highest BCUT2D eigenvalue weighted by atomic mass is 16.1. The molecule has 1 aliphatic heterocycles. The summed E-state index contributed by atoms with van der Waals surface area (Å²) in [5.41, 5.74) is 5.63. The number of nitrogens with zero attached hydrogens (tertiary/aromatic N) is 3. The number of primary amides is 1. The Morgan fingerprint density at radius 1 is 1.57 bits per heavy atom. The molecule has 0 saturated heterocycles. The average Bonchev–Trinajstić information content (AvgIpc) is 2.70. The highest BCUT2D eigenvalue weighted by molar-refractivity contribution is 5.97. The maximum absolute atomic E-state index is 11.1. The molecular weight excluding hydrogens is 180 g/mol. The number of rotatable bonds is 2. The van der Waals surface area contributed by atoms with Crippen LogP contribution in [0.25, 0.3) is 0 Å². The van der Waals surface area contributed by atoms with E-state index < -0.39 is 5.91 Å². The summed E-state index contributed by atoms with van der Waals surface area (Å²) in [5.74, 6) is 0.0592. The molecule has 1 aromatic rings. The van der Waals surface area contributed by atoms with E-state index in [0.717, 1.165) is 13.0 Å². The predicted molar refractivity (Wildman–Crippen MR) is 53.2 cm³/mol. The van der Waals surface area contributed by atoms with Crippen LogP contribution in [0.4, 0.5) is 5.82 Å². The molecule has 14 heavy (non-hydrogen) atoms. The van der Waals surface area contributed by atoms with Crippen molar-refractivity contribution in [1.82, 2.24) is 4.98 Å². The first-order valence-electron chi connectivity index (χ1n) is 4.34. The molecule has 72 valence electrons. The van der Waals surface area contributed by atoms with Crippen molar-refractivity contribution >= 4 is 17.9 Å². The molecule has 0 spiro atoms. The van der Waals surface area contributed by atoms with Gasteiger partial charge < -0.3 is 5.73 Å². The summed E-state index contributed by atoms with van der Waals surface area (Å²) in [6.45, 7) is 0.747. The van der Waals surface area contributed by atoms with E-state index >= 15 is 0 Å². The SMILES string of the molecule is NC(=O)c1cccnc1N1CCC=N1. The molecule has 1 aliphatic rings. The Morgan fingerprint density at radius 3 is 3.07 bits per heavy atom. The fraction of sp³-hybridized carbons (Fsp3) is 0.222. The number of hydrogen-bond acceptors (Lipinski definition) is 4. The summed E-state index contributed by atoms with van der Waals surface area (Å²) < 4.78 is 0. The highest BCUT2D eigenvalue weighted by Gasteiger charge is 2.16. The number of hydrogen-bond donors (Lipinski definition) is 1. The second-order valence-corrected chi connectivity index (χ2v) is 2.95. The van der Waals surface area contributed by atoms with Crippen LogP contribution >= 0.6 is 0 Å².